The minimum atomic E-state index is 0.355. The van der Waals surface area contributed by atoms with E-state index in [1.165, 1.54) is 38.8 Å². The fraction of sp³-hybridized carbons (Fsp3) is 1.00. The monoisotopic (exact) mass is 210 g/mol. The number of hydrogen-bond acceptors (Lipinski definition) is 2. The van der Waals surface area contributed by atoms with Crippen LogP contribution in [-0.2, 0) is 0 Å². The number of likely N-dealkylation sites (tertiary alicyclic amines) is 1. The first-order valence-corrected chi connectivity index (χ1v) is 6.64. The SMILES string of the molecule is CCNC(C1CC1)C(C)(C)N1CCCC1. The molecule has 1 aliphatic carbocycles. The predicted molar refractivity (Wildman–Crippen MR) is 65.1 cm³/mol. The zero-order valence-corrected chi connectivity index (χ0v) is 10.6. The second kappa shape index (κ2) is 4.42. The van der Waals surface area contributed by atoms with Gasteiger partial charge in [0.25, 0.3) is 0 Å². The van der Waals surface area contributed by atoms with Crippen molar-refractivity contribution in [3.63, 3.8) is 0 Å². The van der Waals surface area contributed by atoms with Gasteiger partial charge in [-0.2, -0.15) is 0 Å². The van der Waals surface area contributed by atoms with Crippen molar-refractivity contribution in [3.8, 4) is 0 Å². The van der Waals surface area contributed by atoms with Gasteiger partial charge in [0.15, 0.2) is 0 Å². The molecule has 15 heavy (non-hydrogen) atoms. The van der Waals surface area contributed by atoms with E-state index in [1.54, 1.807) is 0 Å². The minimum absolute atomic E-state index is 0.355. The molecule has 2 nitrogen and oxygen atoms in total. The number of likely N-dealkylation sites (N-methyl/N-ethyl adjacent to an activating group) is 1. The van der Waals surface area contributed by atoms with Gasteiger partial charge >= 0.3 is 0 Å². The molecule has 0 bridgehead atoms. The van der Waals surface area contributed by atoms with Crippen LogP contribution >= 0.6 is 0 Å². The lowest BCUT2D eigenvalue weighted by atomic mass is 9.89. The molecule has 2 rings (SSSR count). The molecule has 2 fully saturated rings. The molecule has 2 heteroatoms. The molecule has 1 atom stereocenters. The van der Waals surface area contributed by atoms with Gasteiger partial charge in [-0.15, -0.1) is 0 Å². The van der Waals surface area contributed by atoms with Gasteiger partial charge in [-0.05, 0) is 65.1 Å². The third-order valence-corrected chi connectivity index (χ3v) is 4.20. The van der Waals surface area contributed by atoms with Crippen molar-refractivity contribution in [2.75, 3.05) is 19.6 Å². The van der Waals surface area contributed by atoms with Crippen LogP contribution in [0.1, 0.15) is 46.5 Å². The first-order valence-electron chi connectivity index (χ1n) is 6.64. The Morgan fingerprint density at radius 3 is 2.33 bits per heavy atom. The maximum atomic E-state index is 3.72. The average Bonchev–Trinajstić information content (AvgIpc) is 2.86. The highest BCUT2D eigenvalue weighted by atomic mass is 15.2. The Labute approximate surface area is 94.4 Å². The summed E-state index contributed by atoms with van der Waals surface area (Å²) < 4.78 is 0. The highest BCUT2D eigenvalue weighted by Gasteiger charge is 2.44. The van der Waals surface area contributed by atoms with Crippen LogP contribution in [0.2, 0.25) is 0 Å². The van der Waals surface area contributed by atoms with Crippen LogP contribution in [-0.4, -0.2) is 36.1 Å². The summed E-state index contributed by atoms with van der Waals surface area (Å²) in [5, 5.41) is 3.72. The summed E-state index contributed by atoms with van der Waals surface area (Å²) in [6.45, 7) is 10.8. The van der Waals surface area contributed by atoms with E-state index in [1.807, 2.05) is 0 Å². The van der Waals surface area contributed by atoms with E-state index in [9.17, 15) is 0 Å². The Bertz CT molecular complexity index is 203. The van der Waals surface area contributed by atoms with Gasteiger partial charge in [0.1, 0.15) is 0 Å². The first kappa shape index (κ1) is 11.4. The van der Waals surface area contributed by atoms with Crippen LogP contribution < -0.4 is 5.32 Å². The van der Waals surface area contributed by atoms with Crippen molar-refractivity contribution in [2.45, 2.75) is 58.0 Å². The molecule has 1 saturated heterocycles. The molecule has 1 unspecified atom stereocenters. The maximum Gasteiger partial charge on any atom is 0.0308 e. The summed E-state index contributed by atoms with van der Waals surface area (Å²) in [6, 6.07) is 0.709. The maximum absolute atomic E-state index is 3.72. The summed E-state index contributed by atoms with van der Waals surface area (Å²) in [4.78, 5) is 2.69. The second-order valence-electron chi connectivity index (χ2n) is 5.72. The molecule has 1 heterocycles. The standard InChI is InChI=1S/C13H26N2/c1-4-14-12(11-7-8-11)13(2,3)15-9-5-6-10-15/h11-12,14H,4-10H2,1-3H3. The van der Waals surface area contributed by atoms with E-state index in [4.69, 9.17) is 0 Å². The lowest BCUT2D eigenvalue weighted by Crippen LogP contribution is -2.57. The van der Waals surface area contributed by atoms with Gasteiger partial charge in [0.2, 0.25) is 0 Å². The summed E-state index contributed by atoms with van der Waals surface area (Å²) in [5.74, 6) is 0.945. The average molecular weight is 210 g/mol. The third-order valence-electron chi connectivity index (χ3n) is 4.20. The molecule has 1 aliphatic heterocycles. The molecule has 1 N–H and O–H groups in total. The predicted octanol–water partition coefficient (Wildman–Crippen LogP) is 2.25. The summed E-state index contributed by atoms with van der Waals surface area (Å²) in [5.41, 5.74) is 0.355. The molecule has 0 amide bonds. The Hall–Kier alpha value is -0.0800. The van der Waals surface area contributed by atoms with Crippen molar-refractivity contribution < 1.29 is 0 Å². The molecular weight excluding hydrogens is 184 g/mol. The van der Waals surface area contributed by atoms with Crippen molar-refractivity contribution in [1.29, 1.82) is 0 Å². The number of hydrogen-bond donors (Lipinski definition) is 1. The zero-order valence-electron chi connectivity index (χ0n) is 10.6. The third kappa shape index (κ3) is 2.36. The lowest BCUT2D eigenvalue weighted by molar-refractivity contribution is 0.0972. The molecule has 1 saturated carbocycles. The van der Waals surface area contributed by atoms with Crippen molar-refractivity contribution in [3.05, 3.63) is 0 Å². The topological polar surface area (TPSA) is 15.3 Å². The normalized spacial score (nSPS) is 25.8. The Morgan fingerprint density at radius 2 is 1.87 bits per heavy atom. The molecule has 0 radical (unpaired) electrons. The van der Waals surface area contributed by atoms with Gasteiger partial charge < -0.3 is 5.32 Å². The fourth-order valence-electron chi connectivity index (χ4n) is 3.13. The van der Waals surface area contributed by atoms with E-state index in [2.05, 4.69) is 31.0 Å². The smallest absolute Gasteiger partial charge is 0.0308 e. The van der Waals surface area contributed by atoms with Gasteiger partial charge in [-0.1, -0.05) is 6.92 Å². The summed E-state index contributed by atoms with van der Waals surface area (Å²) in [6.07, 6.45) is 5.67. The zero-order chi connectivity index (χ0) is 10.9. The lowest BCUT2D eigenvalue weighted by Gasteiger charge is -2.43. The van der Waals surface area contributed by atoms with E-state index < -0.39 is 0 Å². The Balaban J connectivity index is 2.02. The summed E-state index contributed by atoms with van der Waals surface area (Å²) >= 11 is 0. The van der Waals surface area contributed by atoms with Crippen LogP contribution in [0.25, 0.3) is 0 Å². The van der Waals surface area contributed by atoms with Crippen LogP contribution in [0.4, 0.5) is 0 Å². The Morgan fingerprint density at radius 1 is 1.27 bits per heavy atom. The second-order valence-corrected chi connectivity index (χ2v) is 5.72. The Kier molecular flexibility index (Phi) is 3.36. The highest BCUT2D eigenvalue weighted by molar-refractivity contribution is 5.02. The van der Waals surface area contributed by atoms with Gasteiger partial charge in [-0.25, -0.2) is 0 Å². The van der Waals surface area contributed by atoms with Crippen molar-refractivity contribution in [2.24, 2.45) is 5.92 Å². The summed E-state index contributed by atoms with van der Waals surface area (Å²) in [7, 11) is 0. The molecule has 2 aliphatic rings. The van der Waals surface area contributed by atoms with Gasteiger partial charge in [0.05, 0.1) is 0 Å². The minimum Gasteiger partial charge on any atom is -0.312 e. The number of nitrogens with zero attached hydrogens (tertiary/aromatic N) is 1. The quantitative estimate of drug-likeness (QED) is 0.749. The van der Waals surface area contributed by atoms with Crippen LogP contribution in [0.15, 0.2) is 0 Å². The molecule has 0 spiro atoms. The van der Waals surface area contributed by atoms with Crippen molar-refractivity contribution in [1.82, 2.24) is 10.2 Å². The van der Waals surface area contributed by atoms with Crippen LogP contribution in [0.5, 0.6) is 0 Å². The fourth-order valence-corrected chi connectivity index (χ4v) is 3.13. The first-order chi connectivity index (χ1) is 7.16. The molecule has 0 aromatic carbocycles. The molecular formula is C13H26N2. The van der Waals surface area contributed by atoms with E-state index in [0.717, 1.165) is 12.5 Å². The largest absolute Gasteiger partial charge is 0.312 e. The van der Waals surface area contributed by atoms with Crippen molar-refractivity contribution >= 4 is 0 Å². The van der Waals surface area contributed by atoms with Crippen LogP contribution in [0.3, 0.4) is 0 Å². The molecule has 0 aromatic rings. The molecule has 0 aromatic heterocycles. The van der Waals surface area contributed by atoms with E-state index in [-0.39, 0.29) is 0 Å². The highest BCUT2D eigenvalue weighted by Crippen LogP contribution is 2.40. The number of nitrogens with one attached hydrogen (secondary N) is 1. The van der Waals surface area contributed by atoms with Gasteiger partial charge in [-0.3, -0.25) is 4.90 Å². The van der Waals surface area contributed by atoms with E-state index >= 15 is 0 Å². The van der Waals surface area contributed by atoms with Gasteiger partial charge in [0, 0.05) is 11.6 Å². The molecule has 88 valence electrons. The number of rotatable bonds is 5. The van der Waals surface area contributed by atoms with E-state index in [0.29, 0.717) is 11.6 Å². The van der Waals surface area contributed by atoms with Crippen LogP contribution in [0, 0.1) is 5.92 Å².